The number of carboxylic acid groups (broad SMARTS) is 1. The molecule has 166 valence electrons. The van der Waals surface area contributed by atoms with Crippen molar-refractivity contribution < 1.29 is 27.9 Å². The van der Waals surface area contributed by atoms with Crippen molar-refractivity contribution in [2.75, 3.05) is 5.32 Å². The molecular weight excluding hydrogens is 451 g/mol. The van der Waals surface area contributed by atoms with Crippen LogP contribution in [0.4, 0.5) is 18.2 Å². The maximum absolute atomic E-state index is 11.6. The van der Waals surface area contributed by atoms with E-state index in [-0.39, 0.29) is 5.91 Å². The van der Waals surface area contributed by atoms with Crippen LogP contribution in [0.25, 0.3) is 20.8 Å². The summed E-state index contributed by atoms with van der Waals surface area (Å²) in [5.41, 5.74) is 3.47. The van der Waals surface area contributed by atoms with Crippen molar-refractivity contribution in [3.8, 4) is 10.6 Å². The summed E-state index contributed by atoms with van der Waals surface area (Å²) in [5.74, 6) is -2.79. The van der Waals surface area contributed by atoms with Gasteiger partial charge in [0.2, 0.25) is 5.91 Å². The number of para-hydroxylation sites is 1. The molecule has 1 aliphatic rings. The highest BCUT2D eigenvalue weighted by atomic mass is 32.1. The van der Waals surface area contributed by atoms with Crippen LogP contribution in [0.5, 0.6) is 0 Å². The van der Waals surface area contributed by atoms with Gasteiger partial charge in [-0.25, -0.2) is 9.78 Å². The van der Waals surface area contributed by atoms with Gasteiger partial charge in [-0.15, -0.1) is 22.7 Å². The summed E-state index contributed by atoms with van der Waals surface area (Å²) in [7, 11) is 0. The molecule has 1 aromatic carbocycles. The number of carbonyl (C=O) groups is 2. The number of nitrogens with zero attached hydrogens (tertiary/aromatic N) is 2. The normalized spacial score (nSPS) is 13.8. The van der Waals surface area contributed by atoms with E-state index in [4.69, 9.17) is 14.9 Å². The molecule has 0 unspecified atom stereocenters. The molecule has 0 saturated carbocycles. The average Bonchev–Trinajstić information content (AvgIpc) is 3.32. The quantitative estimate of drug-likeness (QED) is 0.539. The predicted octanol–water partition coefficient (Wildman–Crippen LogP) is 5.34. The highest BCUT2D eigenvalue weighted by molar-refractivity contribution is 7.22. The van der Waals surface area contributed by atoms with Gasteiger partial charge in [-0.05, 0) is 31.5 Å². The van der Waals surface area contributed by atoms with Crippen molar-refractivity contribution in [3.63, 3.8) is 0 Å². The number of carbonyl (C=O) groups excluding carboxylic acids is 1. The van der Waals surface area contributed by atoms with Crippen LogP contribution in [-0.4, -0.2) is 39.1 Å². The standard InChI is InChI=1S/C18H19N3OS2.C2HF3O2/c1-10(2)21-8-12-15(9-21)24-17(19-11(3)22)16(12)18-20-13-6-4-5-7-14(13)23-18;3-2(4,5)1(6)7/h4-7,10H,8-9H2,1-3H3,(H,19,22);(H,6,7). The Morgan fingerprint density at radius 3 is 2.39 bits per heavy atom. The van der Waals surface area contributed by atoms with Crippen LogP contribution < -0.4 is 5.32 Å². The van der Waals surface area contributed by atoms with Gasteiger partial charge >= 0.3 is 12.1 Å². The molecule has 3 aromatic rings. The first-order valence-electron chi connectivity index (χ1n) is 9.29. The molecule has 0 spiro atoms. The molecule has 31 heavy (non-hydrogen) atoms. The monoisotopic (exact) mass is 471 g/mol. The van der Waals surface area contributed by atoms with Crippen LogP contribution >= 0.6 is 22.7 Å². The lowest BCUT2D eigenvalue weighted by Gasteiger charge is -2.20. The highest BCUT2D eigenvalue weighted by Crippen LogP contribution is 2.47. The zero-order valence-electron chi connectivity index (χ0n) is 16.9. The van der Waals surface area contributed by atoms with Crippen LogP contribution in [0.2, 0.25) is 0 Å². The fourth-order valence-corrected chi connectivity index (χ4v) is 5.46. The summed E-state index contributed by atoms with van der Waals surface area (Å²) in [6.45, 7) is 7.89. The molecule has 0 atom stereocenters. The van der Waals surface area contributed by atoms with E-state index in [0.717, 1.165) is 34.2 Å². The number of benzene rings is 1. The maximum Gasteiger partial charge on any atom is 0.490 e. The van der Waals surface area contributed by atoms with Gasteiger partial charge < -0.3 is 10.4 Å². The van der Waals surface area contributed by atoms with Gasteiger partial charge in [-0.3, -0.25) is 9.69 Å². The van der Waals surface area contributed by atoms with Crippen molar-refractivity contribution in [2.45, 2.75) is 46.1 Å². The van der Waals surface area contributed by atoms with Crippen LogP contribution in [0.1, 0.15) is 31.2 Å². The van der Waals surface area contributed by atoms with Gasteiger partial charge in [0.15, 0.2) is 0 Å². The van der Waals surface area contributed by atoms with Crippen LogP contribution in [0.3, 0.4) is 0 Å². The van der Waals surface area contributed by atoms with Crippen LogP contribution in [0.15, 0.2) is 24.3 Å². The number of nitrogens with one attached hydrogen (secondary N) is 1. The van der Waals surface area contributed by atoms with Gasteiger partial charge in [0.1, 0.15) is 10.0 Å². The van der Waals surface area contributed by atoms with E-state index in [1.807, 2.05) is 18.2 Å². The number of aliphatic carboxylic acids is 1. The van der Waals surface area contributed by atoms with Crippen LogP contribution in [0, 0.1) is 0 Å². The first-order chi connectivity index (χ1) is 14.5. The van der Waals surface area contributed by atoms with E-state index in [9.17, 15) is 18.0 Å². The zero-order valence-corrected chi connectivity index (χ0v) is 18.5. The number of hydrogen-bond donors (Lipinski definition) is 2. The minimum absolute atomic E-state index is 0.0296. The third-order valence-corrected chi connectivity index (χ3v) is 6.75. The number of thiophene rings is 1. The lowest BCUT2D eigenvalue weighted by atomic mass is 10.1. The summed E-state index contributed by atoms with van der Waals surface area (Å²) in [6.07, 6.45) is -5.08. The molecule has 2 N–H and O–H groups in total. The number of halogens is 3. The van der Waals surface area contributed by atoms with E-state index in [0.29, 0.717) is 6.04 Å². The van der Waals surface area contributed by atoms with E-state index in [2.05, 4.69) is 30.1 Å². The number of carboxylic acids is 1. The van der Waals surface area contributed by atoms with E-state index < -0.39 is 12.1 Å². The molecule has 1 aliphatic heterocycles. The molecular formula is C20H20F3N3O3S2. The van der Waals surface area contributed by atoms with Crippen molar-refractivity contribution >= 4 is 49.8 Å². The molecule has 1 amide bonds. The fraction of sp³-hybridized carbons (Fsp3) is 0.350. The topological polar surface area (TPSA) is 82.5 Å². The number of rotatable bonds is 3. The van der Waals surface area contributed by atoms with E-state index >= 15 is 0 Å². The summed E-state index contributed by atoms with van der Waals surface area (Å²) in [6, 6.07) is 8.70. The minimum atomic E-state index is -5.08. The van der Waals surface area contributed by atoms with Crippen molar-refractivity contribution in [1.29, 1.82) is 0 Å². The van der Waals surface area contributed by atoms with Crippen molar-refractivity contribution in [1.82, 2.24) is 9.88 Å². The van der Waals surface area contributed by atoms with Gasteiger partial charge in [-0.1, -0.05) is 12.1 Å². The zero-order chi connectivity index (χ0) is 22.9. The summed E-state index contributed by atoms with van der Waals surface area (Å²) >= 11 is 3.39. The first kappa shape index (κ1) is 23.2. The molecule has 0 radical (unpaired) electrons. The lowest BCUT2D eigenvalue weighted by molar-refractivity contribution is -0.192. The average molecular weight is 472 g/mol. The second-order valence-electron chi connectivity index (χ2n) is 7.18. The Labute approximate surface area is 184 Å². The van der Waals surface area contributed by atoms with Crippen molar-refractivity contribution in [3.05, 3.63) is 34.7 Å². The van der Waals surface area contributed by atoms with Crippen molar-refractivity contribution in [2.24, 2.45) is 0 Å². The number of hydrogen-bond acceptors (Lipinski definition) is 6. The number of amides is 1. The SMILES string of the molecule is CC(=O)Nc1sc2c(c1-c1nc3ccccc3s1)CN(C(C)C)C2.O=C(O)C(F)(F)F. The molecule has 6 nitrogen and oxygen atoms in total. The first-order valence-corrected chi connectivity index (χ1v) is 10.9. The molecule has 0 bridgehead atoms. The fourth-order valence-electron chi connectivity index (χ4n) is 3.07. The summed E-state index contributed by atoms with van der Waals surface area (Å²) in [4.78, 5) is 29.2. The number of alkyl halides is 3. The van der Waals surface area contributed by atoms with E-state index in [1.54, 1.807) is 29.6 Å². The molecule has 2 aromatic heterocycles. The lowest BCUT2D eigenvalue weighted by Crippen LogP contribution is -2.24. The molecule has 0 aliphatic carbocycles. The minimum Gasteiger partial charge on any atom is -0.475 e. The Kier molecular flexibility index (Phi) is 6.68. The maximum atomic E-state index is 11.6. The van der Waals surface area contributed by atoms with Crippen LogP contribution in [-0.2, 0) is 22.7 Å². The molecule has 3 heterocycles. The molecule has 0 fully saturated rings. The number of fused-ring (bicyclic) bond motifs is 2. The smallest absolute Gasteiger partial charge is 0.475 e. The van der Waals surface area contributed by atoms with Gasteiger partial charge in [-0.2, -0.15) is 13.2 Å². The second-order valence-corrected chi connectivity index (χ2v) is 9.31. The molecule has 11 heteroatoms. The Balaban J connectivity index is 0.000000339. The third-order valence-electron chi connectivity index (χ3n) is 4.57. The Morgan fingerprint density at radius 2 is 1.84 bits per heavy atom. The third kappa shape index (κ3) is 5.23. The Hall–Kier alpha value is -2.50. The second kappa shape index (κ2) is 8.93. The molecule has 0 saturated heterocycles. The molecule has 4 rings (SSSR count). The number of aromatic nitrogens is 1. The van der Waals surface area contributed by atoms with E-state index in [1.165, 1.54) is 15.1 Å². The number of anilines is 1. The van der Waals surface area contributed by atoms with Gasteiger partial charge in [0.05, 0.1) is 15.8 Å². The Bertz CT molecular complexity index is 1090. The Morgan fingerprint density at radius 1 is 1.19 bits per heavy atom. The van der Waals surface area contributed by atoms with Gasteiger partial charge in [0.25, 0.3) is 0 Å². The summed E-state index contributed by atoms with van der Waals surface area (Å²) in [5, 5.41) is 12.1. The van der Waals surface area contributed by atoms with Gasteiger partial charge in [0, 0.05) is 30.9 Å². The highest BCUT2D eigenvalue weighted by Gasteiger charge is 2.38. The predicted molar refractivity (Wildman–Crippen MR) is 115 cm³/mol. The largest absolute Gasteiger partial charge is 0.490 e. The number of thiazole rings is 1. The summed E-state index contributed by atoms with van der Waals surface area (Å²) < 4.78 is 32.9.